The minimum absolute atomic E-state index is 0.131. The van der Waals surface area contributed by atoms with Crippen molar-refractivity contribution in [3.63, 3.8) is 0 Å². The van der Waals surface area contributed by atoms with Crippen molar-refractivity contribution in [3.05, 3.63) is 94.4 Å². The van der Waals surface area contributed by atoms with Gasteiger partial charge in [-0.05, 0) is 60.9 Å². The second-order valence-corrected chi connectivity index (χ2v) is 7.79. The number of nitrogens with one attached hydrogen (secondary N) is 1. The molecule has 1 N–H and O–H groups in total. The highest BCUT2D eigenvalue weighted by molar-refractivity contribution is 6.36. The van der Waals surface area contributed by atoms with Gasteiger partial charge in [-0.15, -0.1) is 0 Å². The largest absolute Gasteiger partial charge is 0.494 e. The molecule has 7 heteroatoms. The van der Waals surface area contributed by atoms with Crippen molar-refractivity contribution in [1.82, 2.24) is 9.88 Å². The molecule has 0 radical (unpaired) electrons. The summed E-state index contributed by atoms with van der Waals surface area (Å²) >= 11 is 6.16. The molecule has 1 aromatic heterocycles. The van der Waals surface area contributed by atoms with E-state index in [2.05, 4.69) is 10.3 Å². The summed E-state index contributed by atoms with van der Waals surface area (Å²) in [5.41, 5.74) is 3.48. The van der Waals surface area contributed by atoms with Gasteiger partial charge in [0.25, 0.3) is 11.8 Å². The van der Waals surface area contributed by atoms with Gasteiger partial charge in [-0.25, -0.2) is 0 Å². The van der Waals surface area contributed by atoms with Gasteiger partial charge in [0.2, 0.25) is 0 Å². The van der Waals surface area contributed by atoms with E-state index in [0.717, 1.165) is 11.1 Å². The maximum atomic E-state index is 13.4. The van der Waals surface area contributed by atoms with E-state index in [-0.39, 0.29) is 18.1 Å². The summed E-state index contributed by atoms with van der Waals surface area (Å²) in [7, 11) is 0. The summed E-state index contributed by atoms with van der Waals surface area (Å²) in [5.74, 6) is -0.0756. The molecule has 3 aromatic rings. The van der Waals surface area contributed by atoms with Crippen LogP contribution in [0.25, 0.3) is 5.57 Å². The molecule has 0 unspecified atom stereocenters. The fraction of sp³-hybridized carbons (Fsp3) is 0.160. The lowest BCUT2D eigenvalue weighted by Crippen LogP contribution is -2.32. The predicted molar refractivity (Wildman–Crippen MR) is 124 cm³/mol. The number of hydrogen-bond acceptors (Lipinski definition) is 5. The van der Waals surface area contributed by atoms with Crippen LogP contribution in [0.2, 0.25) is 5.02 Å². The van der Waals surface area contributed by atoms with Gasteiger partial charge < -0.3 is 10.1 Å². The third-order valence-corrected chi connectivity index (χ3v) is 5.38. The molecule has 0 aliphatic carbocycles. The molecule has 2 amide bonds. The van der Waals surface area contributed by atoms with Crippen molar-refractivity contribution in [2.75, 3.05) is 11.9 Å². The van der Waals surface area contributed by atoms with E-state index in [1.54, 1.807) is 54.9 Å². The van der Waals surface area contributed by atoms with E-state index in [9.17, 15) is 9.59 Å². The number of hydrogen-bond donors (Lipinski definition) is 1. The van der Waals surface area contributed by atoms with Crippen molar-refractivity contribution < 1.29 is 14.3 Å². The van der Waals surface area contributed by atoms with Crippen LogP contribution in [-0.2, 0) is 16.1 Å². The third kappa shape index (κ3) is 4.36. The molecule has 1 aliphatic rings. The van der Waals surface area contributed by atoms with Gasteiger partial charge >= 0.3 is 0 Å². The fourth-order valence-electron chi connectivity index (χ4n) is 3.53. The number of ether oxygens (including phenoxy) is 1. The maximum Gasteiger partial charge on any atom is 0.278 e. The molecule has 0 atom stereocenters. The zero-order valence-corrected chi connectivity index (χ0v) is 18.5. The molecule has 1 aliphatic heterocycles. The summed E-state index contributed by atoms with van der Waals surface area (Å²) < 4.78 is 5.51. The van der Waals surface area contributed by atoms with Crippen molar-refractivity contribution in [2.24, 2.45) is 0 Å². The van der Waals surface area contributed by atoms with E-state index in [0.29, 0.717) is 34.2 Å². The van der Waals surface area contributed by atoms with Crippen LogP contribution in [0.4, 0.5) is 5.69 Å². The molecule has 0 bridgehead atoms. The lowest BCUT2D eigenvalue weighted by Gasteiger charge is -2.15. The minimum atomic E-state index is -0.401. The smallest absolute Gasteiger partial charge is 0.278 e. The number of pyridine rings is 1. The van der Waals surface area contributed by atoms with E-state index >= 15 is 0 Å². The van der Waals surface area contributed by atoms with Gasteiger partial charge in [-0.3, -0.25) is 19.5 Å². The highest BCUT2D eigenvalue weighted by Gasteiger charge is 2.39. The number of anilines is 1. The highest BCUT2D eigenvalue weighted by atomic mass is 35.5. The Labute approximate surface area is 191 Å². The summed E-state index contributed by atoms with van der Waals surface area (Å²) in [6.07, 6.45) is 3.29. The van der Waals surface area contributed by atoms with Crippen LogP contribution in [-0.4, -0.2) is 28.3 Å². The van der Waals surface area contributed by atoms with Gasteiger partial charge in [0.15, 0.2) is 0 Å². The lowest BCUT2D eigenvalue weighted by atomic mass is 10.0. The van der Waals surface area contributed by atoms with Crippen LogP contribution in [0.3, 0.4) is 0 Å². The Morgan fingerprint density at radius 2 is 1.84 bits per heavy atom. The Balaban J connectivity index is 1.75. The monoisotopic (exact) mass is 447 g/mol. The lowest BCUT2D eigenvalue weighted by molar-refractivity contribution is -0.137. The molecular formula is C25H22ClN3O3. The number of aryl methyl sites for hydroxylation is 1. The number of imide groups is 1. The summed E-state index contributed by atoms with van der Waals surface area (Å²) in [6.45, 7) is 4.48. The molecule has 2 heterocycles. The van der Waals surface area contributed by atoms with Gasteiger partial charge in [-0.1, -0.05) is 35.9 Å². The number of carbonyl (C=O) groups is 2. The van der Waals surface area contributed by atoms with E-state index < -0.39 is 5.91 Å². The Kier molecular flexibility index (Phi) is 6.23. The summed E-state index contributed by atoms with van der Waals surface area (Å²) in [4.78, 5) is 32.1. The summed E-state index contributed by atoms with van der Waals surface area (Å²) in [5, 5.41) is 3.70. The Hall–Kier alpha value is -3.64. The van der Waals surface area contributed by atoms with Crippen molar-refractivity contribution in [2.45, 2.75) is 20.4 Å². The molecule has 0 saturated carbocycles. The quantitative estimate of drug-likeness (QED) is 0.525. The molecule has 4 rings (SSSR count). The number of aromatic nitrogens is 1. The molecular weight excluding hydrogens is 426 g/mol. The van der Waals surface area contributed by atoms with E-state index in [1.807, 2.05) is 26.0 Å². The van der Waals surface area contributed by atoms with Crippen LogP contribution >= 0.6 is 11.6 Å². The maximum absolute atomic E-state index is 13.4. The van der Waals surface area contributed by atoms with Gasteiger partial charge in [0.05, 0.1) is 18.7 Å². The molecule has 6 nitrogen and oxygen atoms in total. The molecule has 0 fully saturated rings. The second-order valence-electron chi connectivity index (χ2n) is 7.35. The second kappa shape index (κ2) is 9.24. The number of rotatable bonds is 7. The number of halogens is 1. The fourth-order valence-corrected chi connectivity index (χ4v) is 3.70. The molecule has 0 spiro atoms. The molecule has 2 aromatic carbocycles. The first kappa shape index (κ1) is 21.6. The zero-order chi connectivity index (χ0) is 22.7. The molecule has 0 saturated heterocycles. The average molecular weight is 448 g/mol. The number of benzene rings is 2. The van der Waals surface area contributed by atoms with Crippen LogP contribution in [0.1, 0.15) is 23.6 Å². The first-order valence-electron chi connectivity index (χ1n) is 10.2. The predicted octanol–water partition coefficient (Wildman–Crippen LogP) is 4.83. The number of carbonyl (C=O) groups excluding carboxylic acids is 2. The van der Waals surface area contributed by atoms with Crippen molar-refractivity contribution >= 4 is 34.7 Å². The van der Waals surface area contributed by atoms with Crippen molar-refractivity contribution in [1.29, 1.82) is 0 Å². The summed E-state index contributed by atoms with van der Waals surface area (Å²) in [6, 6.07) is 16.1. The normalized spacial score (nSPS) is 13.7. The average Bonchev–Trinajstić information content (AvgIpc) is 3.02. The van der Waals surface area contributed by atoms with Crippen LogP contribution in [0.15, 0.2) is 72.7 Å². The molecule has 162 valence electrons. The van der Waals surface area contributed by atoms with Crippen LogP contribution in [0.5, 0.6) is 5.75 Å². The van der Waals surface area contributed by atoms with Crippen LogP contribution in [0, 0.1) is 6.92 Å². The third-order valence-electron chi connectivity index (χ3n) is 5.14. The minimum Gasteiger partial charge on any atom is -0.494 e. The van der Waals surface area contributed by atoms with E-state index in [1.165, 1.54) is 4.90 Å². The first-order valence-corrected chi connectivity index (χ1v) is 10.6. The Bertz CT molecular complexity index is 1190. The Morgan fingerprint density at radius 1 is 1.06 bits per heavy atom. The van der Waals surface area contributed by atoms with Gasteiger partial charge in [0.1, 0.15) is 11.4 Å². The first-order chi connectivity index (χ1) is 15.5. The standard InChI is InChI=1S/C25H22ClN3O3/c1-3-32-20-10-7-18(8-11-20)22-23(28-21-13-19(26)9-6-16(21)2)25(31)29(24(22)30)15-17-5-4-12-27-14-17/h4-14,28H,3,15H2,1-2H3. The van der Waals surface area contributed by atoms with Gasteiger partial charge in [-0.2, -0.15) is 0 Å². The number of amides is 2. The molecule has 32 heavy (non-hydrogen) atoms. The number of nitrogens with zero attached hydrogens (tertiary/aromatic N) is 2. The van der Waals surface area contributed by atoms with Crippen LogP contribution < -0.4 is 10.1 Å². The Morgan fingerprint density at radius 3 is 2.53 bits per heavy atom. The zero-order valence-electron chi connectivity index (χ0n) is 17.8. The van der Waals surface area contributed by atoms with E-state index in [4.69, 9.17) is 16.3 Å². The highest BCUT2D eigenvalue weighted by Crippen LogP contribution is 2.33. The van der Waals surface area contributed by atoms with Gasteiger partial charge in [0, 0.05) is 23.1 Å². The SMILES string of the molecule is CCOc1ccc(C2=C(Nc3cc(Cl)ccc3C)C(=O)N(Cc3cccnc3)C2=O)cc1. The topological polar surface area (TPSA) is 71.5 Å². The van der Waals surface area contributed by atoms with Crippen molar-refractivity contribution in [3.8, 4) is 5.75 Å².